The molecule has 0 atom stereocenters. The van der Waals surface area contributed by atoms with Gasteiger partial charge in [-0.2, -0.15) is 0 Å². The summed E-state index contributed by atoms with van der Waals surface area (Å²) in [6.45, 7) is 4.31. The second-order valence-corrected chi connectivity index (χ2v) is 6.40. The second kappa shape index (κ2) is 8.55. The molecule has 132 valence electrons. The summed E-state index contributed by atoms with van der Waals surface area (Å²) in [6.07, 6.45) is 6.93. The molecule has 1 saturated heterocycles. The maximum absolute atomic E-state index is 12.3. The molecule has 2 aromatic rings. The predicted octanol–water partition coefficient (Wildman–Crippen LogP) is 3.05. The highest BCUT2D eigenvalue weighted by Crippen LogP contribution is 2.15. The molecule has 6 nitrogen and oxygen atoms in total. The van der Waals surface area contributed by atoms with Gasteiger partial charge in [-0.25, -0.2) is 9.97 Å². The van der Waals surface area contributed by atoms with Crippen LogP contribution in [0.4, 0.5) is 5.82 Å². The van der Waals surface area contributed by atoms with Crippen LogP contribution in [0.1, 0.15) is 37.8 Å². The van der Waals surface area contributed by atoms with E-state index in [-0.39, 0.29) is 5.91 Å². The van der Waals surface area contributed by atoms with Crippen LogP contribution in [-0.2, 0) is 4.79 Å². The van der Waals surface area contributed by atoms with E-state index in [1.807, 2.05) is 36.1 Å². The summed E-state index contributed by atoms with van der Waals surface area (Å²) in [6, 6.07) is 7.57. The maximum Gasteiger partial charge on any atom is 0.224 e. The molecule has 1 amide bonds. The predicted molar refractivity (Wildman–Crippen MR) is 98.2 cm³/mol. The van der Waals surface area contributed by atoms with Crippen molar-refractivity contribution >= 4 is 11.7 Å². The van der Waals surface area contributed by atoms with Crippen LogP contribution >= 0.6 is 0 Å². The van der Waals surface area contributed by atoms with E-state index in [9.17, 15) is 4.79 Å². The lowest BCUT2D eigenvalue weighted by Crippen LogP contribution is -2.32. The highest BCUT2D eigenvalue weighted by atomic mass is 16.2. The van der Waals surface area contributed by atoms with E-state index in [1.54, 1.807) is 6.20 Å². The number of anilines is 1. The highest BCUT2D eigenvalue weighted by molar-refractivity contribution is 5.76. The zero-order valence-electron chi connectivity index (χ0n) is 14.7. The minimum Gasteiger partial charge on any atom is -0.369 e. The number of carbonyl (C=O) groups excluding carboxylic acids is 1. The Morgan fingerprint density at radius 2 is 1.96 bits per heavy atom. The number of pyridine rings is 1. The van der Waals surface area contributed by atoms with E-state index in [1.165, 1.54) is 12.8 Å². The van der Waals surface area contributed by atoms with Crippen LogP contribution < -0.4 is 5.32 Å². The lowest BCUT2D eigenvalue weighted by molar-refractivity contribution is -0.130. The van der Waals surface area contributed by atoms with Crippen LogP contribution in [0.25, 0.3) is 11.5 Å². The molecule has 0 radical (unpaired) electrons. The Balaban J connectivity index is 1.58. The summed E-state index contributed by atoms with van der Waals surface area (Å²) in [7, 11) is 0. The number of nitrogens with one attached hydrogen (secondary N) is 1. The molecule has 2 aromatic heterocycles. The number of likely N-dealkylation sites (tertiary alicyclic amines) is 1. The summed E-state index contributed by atoms with van der Waals surface area (Å²) in [4.78, 5) is 27.6. The third-order valence-electron chi connectivity index (χ3n) is 4.35. The van der Waals surface area contributed by atoms with Gasteiger partial charge in [-0.05, 0) is 31.9 Å². The van der Waals surface area contributed by atoms with E-state index in [4.69, 9.17) is 0 Å². The molecule has 0 aliphatic carbocycles. The Morgan fingerprint density at radius 3 is 2.68 bits per heavy atom. The number of hydrogen-bond donors (Lipinski definition) is 1. The number of aromatic nitrogens is 3. The fourth-order valence-corrected chi connectivity index (χ4v) is 3.04. The minimum atomic E-state index is 0.227. The van der Waals surface area contributed by atoms with E-state index in [0.29, 0.717) is 18.8 Å². The number of nitrogens with zero attached hydrogens (tertiary/aromatic N) is 4. The first-order chi connectivity index (χ1) is 12.2. The Kier molecular flexibility index (Phi) is 5.93. The standard InChI is InChI=1S/C19H25N5O/c1-15-14-17(23-19(22-15)16-8-4-5-10-20-16)21-11-9-18(25)24-12-6-2-3-7-13-24/h4-5,8,10,14H,2-3,6-7,9,11-13H2,1H3,(H,21,22,23). The molecular weight excluding hydrogens is 314 g/mol. The van der Waals surface area contributed by atoms with E-state index < -0.39 is 0 Å². The van der Waals surface area contributed by atoms with Crippen molar-refractivity contribution in [1.29, 1.82) is 0 Å². The SMILES string of the molecule is Cc1cc(NCCC(=O)N2CCCCCC2)nc(-c2ccccn2)n1. The highest BCUT2D eigenvalue weighted by Gasteiger charge is 2.15. The molecule has 3 heterocycles. The summed E-state index contributed by atoms with van der Waals surface area (Å²) in [5.41, 5.74) is 1.62. The fourth-order valence-electron chi connectivity index (χ4n) is 3.04. The summed E-state index contributed by atoms with van der Waals surface area (Å²) >= 11 is 0. The van der Waals surface area contributed by atoms with Gasteiger partial charge in [-0.3, -0.25) is 9.78 Å². The molecule has 0 spiro atoms. The zero-order chi connectivity index (χ0) is 17.5. The topological polar surface area (TPSA) is 71.0 Å². The van der Waals surface area contributed by atoms with Crippen LogP contribution in [0.15, 0.2) is 30.5 Å². The van der Waals surface area contributed by atoms with Crippen LogP contribution in [0, 0.1) is 6.92 Å². The van der Waals surface area contributed by atoms with Crippen molar-refractivity contribution in [2.24, 2.45) is 0 Å². The van der Waals surface area contributed by atoms with Crippen molar-refractivity contribution in [3.63, 3.8) is 0 Å². The van der Waals surface area contributed by atoms with Crippen molar-refractivity contribution in [1.82, 2.24) is 19.9 Å². The summed E-state index contributed by atoms with van der Waals surface area (Å²) < 4.78 is 0. The molecule has 3 rings (SSSR count). The van der Waals surface area contributed by atoms with Crippen LogP contribution in [-0.4, -0.2) is 45.4 Å². The number of rotatable bonds is 5. The van der Waals surface area contributed by atoms with Crippen molar-refractivity contribution in [2.45, 2.75) is 39.0 Å². The average molecular weight is 339 g/mol. The van der Waals surface area contributed by atoms with Crippen molar-refractivity contribution in [2.75, 3.05) is 25.0 Å². The van der Waals surface area contributed by atoms with Crippen LogP contribution in [0.2, 0.25) is 0 Å². The Labute approximate surface area is 148 Å². The van der Waals surface area contributed by atoms with Gasteiger partial charge in [-0.1, -0.05) is 18.9 Å². The normalized spacial score (nSPS) is 14.8. The first-order valence-corrected chi connectivity index (χ1v) is 9.01. The third kappa shape index (κ3) is 4.98. The van der Waals surface area contributed by atoms with Gasteiger partial charge in [0.1, 0.15) is 11.5 Å². The quantitative estimate of drug-likeness (QED) is 0.906. The van der Waals surface area contributed by atoms with Gasteiger partial charge in [-0.15, -0.1) is 0 Å². The van der Waals surface area contributed by atoms with Gasteiger partial charge in [0.05, 0.1) is 0 Å². The summed E-state index contributed by atoms with van der Waals surface area (Å²) in [5.74, 6) is 1.56. The van der Waals surface area contributed by atoms with Gasteiger partial charge in [0.15, 0.2) is 5.82 Å². The van der Waals surface area contributed by atoms with Gasteiger partial charge in [0.2, 0.25) is 5.91 Å². The molecule has 1 fully saturated rings. The third-order valence-corrected chi connectivity index (χ3v) is 4.35. The molecule has 0 bridgehead atoms. The zero-order valence-corrected chi connectivity index (χ0v) is 14.7. The molecule has 6 heteroatoms. The van der Waals surface area contributed by atoms with Crippen LogP contribution in [0.5, 0.6) is 0 Å². The van der Waals surface area contributed by atoms with Crippen molar-refractivity contribution in [3.8, 4) is 11.5 Å². The van der Waals surface area contributed by atoms with Gasteiger partial charge >= 0.3 is 0 Å². The number of aryl methyl sites for hydroxylation is 1. The van der Waals surface area contributed by atoms with Gasteiger partial charge < -0.3 is 10.2 Å². The Morgan fingerprint density at radius 1 is 1.16 bits per heavy atom. The van der Waals surface area contributed by atoms with E-state index in [0.717, 1.165) is 43.1 Å². The summed E-state index contributed by atoms with van der Waals surface area (Å²) in [5, 5.41) is 3.25. The number of amides is 1. The molecule has 1 N–H and O–H groups in total. The van der Waals surface area contributed by atoms with Gasteiger partial charge in [0, 0.05) is 44.0 Å². The van der Waals surface area contributed by atoms with Crippen molar-refractivity contribution < 1.29 is 4.79 Å². The number of hydrogen-bond acceptors (Lipinski definition) is 5. The lowest BCUT2D eigenvalue weighted by atomic mass is 10.2. The maximum atomic E-state index is 12.3. The average Bonchev–Trinajstić information content (AvgIpc) is 2.91. The fraction of sp³-hybridized carbons (Fsp3) is 0.474. The molecule has 0 unspecified atom stereocenters. The first kappa shape index (κ1) is 17.3. The second-order valence-electron chi connectivity index (χ2n) is 6.40. The molecule has 25 heavy (non-hydrogen) atoms. The van der Waals surface area contributed by atoms with E-state index >= 15 is 0 Å². The Bertz CT molecular complexity index is 696. The smallest absolute Gasteiger partial charge is 0.224 e. The molecule has 0 aromatic carbocycles. The largest absolute Gasteiger partial charge is 0.369 e. The first-order valence-electron chi connectivity index (χ1n) is 9.01. The molecule has 0 saturated carbocycles. The minimum absolute atomic E-state index is 0.227. The molecule has 1 aliphatic heterocycles. The Hall–Kier alpha value is -2.50. The van der Waals surface area contributed by atoms with Crippen molar-refractivity contribution in [3.05, 3.63) is 36.2 Å². The van der Waals surface area contributed by atoms with E-state index in [2.05, 4.69) is 20.3 Å². The molecule has 1 aliphatic rings. The molecular formula is C19H25N5O. The van der Waals surface area contributed by atoms with Gasteiger partial charge in [0.25, 0.3) is 0 Å². The van der Waals surface area contributed by atoms with Crippen LogP contribution in [0.3, 0.4) is 0 Å². The monoisotopic (exact) mass is 339 g/mol. The number of carbonyl (C=O) groups is 1. The lowest BCUT2D eigenvalue weighted by Gasteiger charge is -2.20.